The second-order valence-corrected chi connectivity index (χ2v) is 4.28. The van der Waals surface area contributed by atoms with E-state index in [1.165, 1.54) is 32.1 Å². The molecule has 0 unspecified atom stereocenters. The maximum Gasteiger partial charge on any atom is 0.147 e. The standard InChI is InChI=1S/C12H19N3O/c16-10-11-8-14-12(9-13-11)15-6-4-2-1-3-5-7-15/h8-9,16H,1-7,10H2. The van der Waals surface area contributed by atoms with Crippen LogP contribution < -0.4 is 4.90 Å². The fraction of sp³-hybridized carbons (Fsp3) is 0.667. The lowest BCUT2D eigenvalue weighted by molar-refractivity contribution is 0.276. The molecule has 1 fully saturated rings. The highest BCUT2D eigenvalue weighted by Crippen LogP contribution is 2.16. The van der Waals surface area contributed by atoms with Gasteiger partial charge in [0.15, 0.2) is 0 Å². The zero-order chi connectivity index (χ0) is 11.2. The quantitative estimate of drug-likeness (QED) is 0.826. The molecule has 1 aliphatic heterocycles. The topological polar surface area (TPSA) is 49.3 Å². The van der Waals surface area contributed by atoms with Gasteiger partial charge in [0.2, 0.25) is 0 Å². The zero-order valence-corrected chi connectivity index (χ0v) is 9.60. The molecule has 0 spiro atoms. The van der Waals surface area contributed by atoms with Gasteiger partial charge in [-0.3, -0.25) is 4.98 Å². The third-order valence-electron chi connectivity index (χ3n) is 3.03. The zero-order valence-electron chi connectivity index (χ0n) is 9.60. The first-order chi connectivity index (χ1) is 7.90. The number of aliphatic hydroxyl groups is 1. The molecule has 0 bridgehead atoms. The highest BCUT2D eigenvalue weighted by atomic mass is 16.3. The van der Waals surface area contributed by atoms with Gasteiger partial charge in [0.25, 0.3) is 0 Å². The van der Waals surface area contributed by atoms with Gasteiger partial charge >= 0.3 is 0 Å². The Kier molecular flexibility index (Phi) is 4.10. The molecule has 0 aliphatic carbocycles. The average molecular weight is 221 g/mol. The van der Waals surface area contributed by atoms with E-state index in [2.05, 4.69) is 14.9 Å². The van der Waals surface area contributed by atoms with Gasteiger partial charge in [-0.25, -0.2) is 4.98 Å². The largest absolute Gasteiger partial charge is 0.390 e. The average Bonchev–Trinajstić information content (AvgIpc) is 2.29. The van der Waals surface area contributed by atoms with Crippen LogP contribution in [-0.4, -0.2) is 28.2 Å². The van der Waals surface area contributed by atoms with Crippen LogP contribution >= 0.6 is 0 Å². The van der Waals surface area contributed by atoms with Crippen LogP contribution in [0.25, 0.3) is 0 Å². The van der Waals surface area contributed by atoms with Gasteiger partial charge in [-0.2, -0.15) is 0 Å². The molecule has 88 valence electrons. The summed E-state index contributed by atoms with van der Waals surface area (Å²) in [7, 11) is 0. The Balaban J connectivity index is 2.02. The van der Waals surface area contributed by atoms with Crippen LogP contribution in [0.2, 0.25) is 0 Å². The summed E-state index contributed by atoms with van der Waals surface area (Å²) in [4.78, 5) is 10.8. The molecular weight excluding hydrogens is 202 g/mol. The SMILES string of the molecule is OCc1cnc(N2CCCCCCC2)cn1. The molecule has 0 atom stereocenters. The van der Waals surface area contributed by atoms with Crippen molar-refractivity contribution in [1.29, 1.82) is 0 Å². The van der Waals surface area contributed by atoms with Crippen LogP contribution in [0.5, 0.6) is 0 Å². The van der Waals surface area contributed by atoms with Crippen molar-refractivity contribution in [2.24, 2.45) is 0 Å². The summed E-state index contributed by atoms with van der Waals surface area (Å²) in [5.74, 6) is 0.944. The van der Waals surface area contributed by atoms with Gasteiger partial charge in [0.05, 0.1) is 24.7 Å². The fourth-order valence-electron chi connectivity index (χ4n) is 2.07. The van der Waals surface area contributed by atoms with Crippen molar-refractivity contribution in [2.75, 3.05) is 18.0 Å². The molecule has 4 nitrogen and oxygen atoms in total. The molecule has 1 aromatic heterocycles. The molecular formula is C12H19N3O. The van der Waals surface area contributed by atoms with E-state index < -0.39 is 0 Å². The van der Waals surface area contributed by atoms with E-state index in [1.54, 1.807) is 12.4 Å². The van der Waals surface area contributed by atoms with Gasteiger partial charge in [-0.05, 0) is 12.8 Å². The van der Waals surface area contributed by atoms with E-state index in [9.17, 15) is 0 Å². The minimum absolute atomic E-state index is 0.0344. The van der Waals surface area contributed by atoms with Crippen LogP contribution in [0.4, 0.5) is 5.82 Å². The van der Waals surface area contributed by atoms with Crippen LogP contribution in [0.3, 0.4) is 0 Å². The first-order valence-corrected chi connectivity index (χ1v) is 6.07. The Morgan fingerprint density at radius 3 is 2.25 bits per heavy atom. The normalized spacial score (nSPS) is 17.9. The summed E-state index contributed by atoms with van der Waals surface area (Å²) in [6.07, 6.45) is 9.91. The molecule has 1 saturated heterocycles. The van der Waals surface area contributed by atoms with Crippen LogP contribution in [0.15, 0.2) is 12.4 Å². The highest BCUT2D eigenvalue weighted by Gasteiger charge is 2.10. The molecule has 0 saturated carbocycles. The van der Waals surface area contributed by atoms with Crippen molar-refractivity contribution in [3.63, 3.8) is 0 Å². The Morgan fingerprint density at radius 2 is 1.69 bits per heavy atom. The number of aromatic nitrogens is 2. The third-order valence-corrected chi connectivity index (χ3v) is 3.03. The lowest BCUT2D eigenvalue weighted by Crippen LogP contribution is -2.28. The first kappa shape index (κ1) is 11.3. The Hall–Kier alpha value is -1.16. The minimum atomic E-state index is -0.0344. The van der Waals surface area contributed by atoms with Gasteiger partial charge in [-0.1, -0.05) is 19.3 Å². The summed E-state index contributed by atoms with van der Waals surface area (Å²) in [5, 5.41) is 8.90. The van der Waals surface area contributed by atoms with Gasteiger partial charge in [0.1, 0.15) is 5.82 Å². The van der Waals surface area contributed by atoms with E-state index in [4.69, 9.17) is 5.11 Å². The van der Waals surface area contributed by atoms with E-state index in [0.717, 1.165) is 18.9 Å². The van der Waals surface area contributed by atoms with Crippen molar-refractivity contribution in [3.8, 4) is 0 Å². The maximum absolute atomic E-state index is 8.90. The number of anilines is 1. The summed E-state index contributed by atoms with van der Waals surface area (Å²) < 4.78 is 0. The van der Waals surface area contributed by atoms with E-state index in [0.29, 0.717) is 5.69 Å². The fourth-order valence-corrected chi connectivity index (χ4v) is 2.07. The number of hydrogen-bond donors (Lipinski definition) is 1. The van der Waals surface area contributed by atoms with Crippen molar-refractivity contribution >= 4 is 5.82 Å². The summed E-state index contributed by atoms with van der Waals surface area (Å²) in [6.45, 7) is 2.12. The molecule has 0 amide bonds. The first-order valence-electron chi connectivity index (χ1n) is 6.07. The summed E-state index contributed by atoms with van der Waals surface area (Å²) in [5.41, 5.74) is 0.635. The predicted octanol–water partition coefficient (Wildman–Crippen LogP) is 1.74. The molecule has 1 aromatic rings. The lowest BCUT2D eigenvalue weighted by Gasteiger charge is -2.25. The molecule has 2 rings (SSSR count). The second-order valence-electron chi connectivity index (χ2n) is 4.28. The molecule has 1 N–H and O–H groups in total. The molecule has 0 aromatic carbocycles. The van der Waals surface area contributed by atoms with Crippen LogP contribution in [-0.2, 0) is 6.61 Å². The third kappa shape index (κ3) is 2.92. The monoisotopic (exact) mass is 221 g/mol. The second kappa shape index (κ2) is 5.80. The molecule has 0 radical (unpaired) electrons. The molecule has 2 heterocycles. The number of rotatable bonds is 2. The van der Waals surface area contributed by atoms with Crippen molar-refractivity contribution in [1.82, 2.24) is 9.97 Å². The lowest BCUT2D eigenvalue weighted by atomic mass is 10.1. The van der Waals surface area contributed by atoms with Gasteiger partial charge in [0, 0.05) is 13.1 Å². The Morgan fingerprint density at radius 1 is 1.00 bits per heavy atom. The summed E-state index contributed by atoms with van der Waals surface area (Å²) in [6, 6.07) is 0. The van der Waals surface area contributed by atoms with Crippen LogP contribution in [0.1, 0.15) is 37.8 Å². The van der Waals surface area contributed by atoms with Crippen molar-refractivity contribution in [2.45, 2.75) is 38.7 Å². The Bertz CT molecular complexity index is 305. The van der Waals surface area contributed by atoms with E-state index in [1.807, 2.05) is 0 Å². The predicted molar refractivity (Wildman–Crippen MR) is 63.3 cm³/mol. The Labute approximate surface area is 96.3 Å². The minimum Gasteiger partial charge on any atom is -0.390 e. The van der Waals surface area contributed by atoms with Crippen molar-refractivity contribution in [3.05, 3.63) is 18.1 Å². The van der Waals surface area contributed by atoms with E-state index >= 15 is 0 Å². The van der Waals surface area contributed by atoms with Gasteiger partial charge < -0.3 is 10.0 Å². The molecule has 1 aliphatic rings. The molecule has 4 heteroatoms. The van der Waals surface area contributed by atoms with Crippen LogP contribution in [0, 0.1) is 0 Å². The molecule has 16 heavy (non-hydrogen) atoms. The highest BCUT2D eigenvalue weighted by molar-refractivity contribution is 5.35. The van der Waals surface area contributed by atoms with Gasteiger partial charge in [-0.15, -0.1) is 0 Å². The summed E-state index contributed by atoms with van der Waals surface area (Å²) >= 11 is 0. The smallest absolute Gasteiger partial charge is 0.147 e. The number of aliphatic hydroxyl groups excluding tert-OH is 1. The van der Waals surface area contributed by atoms with E-state index in [-0.39, 0.29) is 6.61 Å². The number of nitrogens with zero attached hydrogens (tertiary/aromatic N) is 3. The van der Waals surface area contributed by atoms with Crippen molar-refractivity contribution < 1.29 is 5.11 Å². The maximum atomic E-state index is 8.90. The number of hydrogen-bond acceptors (Lipinski definition) is 4.